The second-order valence-corrected chi connectivity index (χ2v) is 4.97. The fraction of sp³-hybridized carbons (Fsp3) is 0.235. The van der Waals surface area contributed by atoms with Gasteiger partial charge < -0.3 is 4.74 Å². The van der Waals surface area contributed by atoms with Crippen LogP contribution in [0.15, 0.2) is 55.0 Å². The second-order valence-electron chi connectivity index (χ2n) is 4.97. The minimum absolute atomic E-state index is 0.296. The van der Waals surface area contributed by atoms with Gasteiger partial charge in [-0.25, -0.2) is 14.4 Å². The molecule has 118 valence electrons. The van der Waals surface area contributed by atoms with Gasteiger partial charge >= 0.3 is 6.09 Å². The molecule has 0 spiro atoms. The zero-order valence-electron chi connectivity index (χ0n) is 12.9. The van der Waals surface area contributed by atoms with E-state index >= 15 is 0 Å². The Balaban J connectivity index is 1.94. The minimum atomic E-state index is -0.473. The molecule has 2 heterocycles. The van der Waals surface area contributed by atoms with Crippen molar-refractivity contribution in [3.05, 3.63) is 55.0 Å². The third-order valence-electron chi connectivity index (χ3n) is 3.40. The van der Waals surface area contributed by atoms with Gasteiger partial charge in [-0.3, -0.25) is 4.98 Å². The molecule has 0 aromatic carbocycles. The number of pyridine rings is 1. The first-order chi connectivity index (χ1) is 11.3. The molecule has 2 aromatic rings. The molecule has 0 saturated carbocycles. The van der Waals surface area contributed by atoms with Gasteiger partial charge in [-0.15, -0.1) is 5.10 Å². The number of allylic oxidation sites excluding steroid dienone is 4. The van der Waals surface area contributed by atoms with Crippen LogP contribution < -0.4 is 4.90 Å². The zero-order valence-corrected chi connectivity index (χ0v) is 12.9. The Bertz CT molecular complexity index is 734. The van der Waals surface area contributed by atoms with Crippen LogP contribution in [0, 0.1) is 0 Å². The molecule has 1 amide bonds. The molecule has 0 bridgehead atoms. The van der Waals surface area contributed by atoms with E-state index < -0.39 is 6.09 Å². The average Bonchev–Trinajstić information content (AvgIpc) is 3.07. The van der Waals surface area contributed by atoms with Gasteiger partial charge in [0, 0.05) is 18.5 Å². The topological polar surface area (TPSA) is 60.2 Å². The SMILES string of the molecule is CCOC(=O)N(c1cccnc1)c1ccn(C2=CCCC=C2)n1. The quantitative estimate of drug-likeness (QED) is 0.862. The number of carbonyl (C=O) groups is 1. The van der Waals surface area contributed by atoms with Crippen molar-refractivity contribution in [1.82, 2.24) is 14.8 Å². The summed E-state index contributed by atoms with van der Waals surface area (Å²) in [4.78, 5) is 17.8. The number of carbonyl (C=O) groups excluding carboxylic acids is 1. The van der Waals surface area contributed by atoms with Gasteiger partial charge in [0.15, 0.2) is 5.82 Å². The van der Waals surface area contributed by atoms with Crippen LogP contribution in [-0.2, 0) is 4.74 Å². The molecule has 0 aliphatic heterocycles. The summed E-state index contributed by atoms with van der Waals surface area (Å²) in [5.41, 5.74) is 1.61. The van der Waals surface area contributed by atoms with Crippen LogP contribution in [0.5, 0.6) is 0 Å². The van der Waals surface area contributed by atoms with Crippen molar-refractivity contribution in [2.24, 2.45) is 0 Å². The number of rotatable bonds is 4. The van der Waals surface area contributed by atoms with Crippen LogP contribution in [-0.4, -0.2) is 27.5 Å². The van der Waals surface area contributed by atoms with Gasteiger partial charge in [0.2, 0.25) is 0 Å². The lowest BCUT2D eigenvalue weighted by molar-refractivity contribution is 0.162. The molecular weight excluding hydrogens is 292 g/mol. The monoisotopic (exact) mass is 310 g/mol. The highest BCUT2D eigenvalue weighted by Crippen LogP contribution is 2.25. The predicted molar refractivity (Wildman–Crippen MR) is 88.3 cm³/mol. The van der Waals surface area contributed by atoms with Crippen molar-refractivity contribution < 1.29 is 9.53 Å². The third kappa shape index (κ3) is 3.31. The third-order valence-corrected chi connectivity index (χ3v) is 3.40. The van der Waals surface area contributed by atoms with Crippen LogP contribution in [0.1, 0.15) is 19.8 Å². The molecule has 23 heavy (non-hydrogen) atoms. The summed E-state index contributed by atoms with van der Waals surface area (Å²) in [5, 5.41) is 4.51. The number of aromatic nitrogens is 3. The van der Waals surface area contributed by atoms with Crippen molar-refractivity contribution in [1.29, 1.82) is 0 Å². The molecule has 0 saturated heterocycles. The molecule has 0 radical (unpaired) electrons. The van der Waals surface area contributed by atoms with E-state index in [1.807, 2.05) is 12.3 Å². The number of nitrogens with zero attached hydrogens (tertiary/aromatic N) is 4. The van der Waals surface area contributed by atoms with Crippen LogP contribution in [0.3, 0.4) is 0 Å². The first-order valence-corrected chi connectivity index (χ1v) is 7.59. The van der Waals surface area contributed by atoms with Crippen LogP contribution >= 0.6 is 0 Å². The molecule has 6 nitrogen and oxygen atoms in total. The van der Waals surface area contributed by atoms with Gasteiger partial charge in [-0.05, 0) is 38.0 Å². The van der Waals surface area contributed by atoms with Crippen molar-refractivity contribution in [3.63, 3.8) is 0 Å². The number of amides is 1. The van der Waals surface area contributed by atoms with Crippen molar-refractivity contribution >= 4 is 23.3 Å². The predicted octanol–water partition coefficient (Wildman–Crippen LogP) is 3.76. The molecule has 1 aliphatic rings. The Morgan fingerprint density at radius 1 is 1.39 bits per heavy atom. The van der Waals surface area contributed by atoms with Crippen LogP contribution in [0.2, 0.25) is 0 Å². The summed E-state index contributed by atoms with van der Waals surface area (Å²) >= 11 is 0. The lowest BCUT2D eigenvalue weighted by atomic mass is 10.1. The van der Waals surface area contributed by atoms with Crippen molar-refractivity contribution in [3.8, 4) is 0 Å². The highest BCUT2D eigenvalue weighted by atomic mass is 16.6. The molecule has 1 aliphatic carbocycles. The summed E-state index contributed by atoms with van der Waals surface area (Å²) < 4.78 is 6.91. The van der Waals surface area contributed by atoms with E-state index in [2.05, 4.69) is 22.2 Å². The molecular formula is C17H18N4O2. The minimum Gasteiger partial charge on any atom is -0.449 e. The second kappa shape index (κ2) is 6.91. The van der Waals surface area contributed by atoms with E-state index in [9.17, 15) is 4.79 Å². The Hall–Kier alpha value is -2.89. The first-order valence-electron chi connectivity index (χ1n) is 7.59. The van der Waals surface area contributed by atoms with Gasteiger partial charge in [0.05, 0.1) is 24.2 Å². The van der Waals surface area contributed by atoms with E-state index in [-0.39, 0.29) is 0 Å². The summed E-state index contributed by atoms with van der Waals surface area (Å²) in [6.07, 6.45) is 12.9. The Morgan fingerprint density at radius 2 is 2.30 bits per heavy atom. The van der Waals surface area contributed by atoms with E-state index in [0.717, 1.165) is 18.5 Å². The summed E-state index contributed by atoms with van der Waals surface area (Å²) in [7, 11) is 0. The van der Waals surface area contributed by atoms with E-state index in [0.29, 0.717) is 18.1 Å². The average molecular weight is 310 g/mol. The molecule has 0 N–H and O–H groups in total. The number of hydrogen-bond donors (Lipinski definition) is 0. The summed E-state index contributed by atoms with van der Waals surface area (Å²) in [5.74, 6) is 0.497. The molecule has 0 atom stereocenters. The fourth-order valence-electron chi connectivity index (χ4n) is 2.35. The van der Waals surface area contributed by atoms with Crippen LogP contribution in [0.4, 0.5) is 16.3 Å². The van der Waals surface area contributed by atoms with E-state index in [1.54, 1.807) is 42.2 Å². The van der Waals surface area contributed by atoms with Gasteiger partial charge in [0.25, 0.3) is 0 Å². The number of anilines is 2. The molecule has 0 fully saturated rings. The zero-order chi connectivity index (χ0) is 16.1. The maximum Gasteiger partial charge on any atom is 0.420 e. The van der Waals surface area contributed by atoms with Gasteiger partial charge in [0.1, 0.15) is 0 Å². The number of ether oxygens (including phenoxy) is 1. The first kappa shape index (κ1) is 15.0. The largest absolute Gasteiger partial charge is 0.449 e. The fourth-order valence-corrected chi connectivity index (χ4v) is 2.35. The number of hydrogen-bond acceptors (Lipinski definition) is 4. The normalized spacial score (nSPS) is 13.5. The maximum absolute atomic E-state index is 12.3. The van der Waals surface area contributed by atoms with E-state index in [1.165, 1.54) is 4.90 Å². The van der Waals surface area contributed by atoms with E-state index in [4.69, 9.17) is 4.74 Å². The standard InChI is InChI=1S/C17H18N4O2/c1-2-23-17(22)21(15-9-6-11-18-13-15)16-10-12-20(19-16)14-7-4-3-5-8-14/h4,6-13H,2-3,5H2,1H3. The maximum atomic E-state index is 12.3. The Labute approximate surface area is 134 Å². The summed E-state index contributed by atoms with van der Waals surface area (Å²) in [6, 6.07) is 5.35. The lowest BCUT2D eigenvalue weighted by Crippen LogP contribution is -2.27. The lowest BCUT2D eigenvalue weighted by Gasteiger charge is -2.19. The Kier molecular flexibility index (Phi) is 4.52. The molecule has 3 rings (SSSR count). The van der Waals surface area contributed by atoms with Gasteiger partial charge in [-0.1, -0.05) is 12.2 Å². The van der Waals surface area contributed by atoms with Crippen molar-refractivity contribution in [2.45, 2.75) is 19.8 Å². The molecule has 2 aromatic heterocycles. The molecule has 0 unspecified atom stereocenters. The summed E-state index contributed by atoms with van der Waals surface area (Å²) in [6.45, 7) is 2.07. The smallest absolute Gasteiger partial charge is 0.420 e. The highest BCUT2D eigenvalue weighted by Gasteiger charge is 2.22. The molecule has 6 heteroatoms. The van der Waals surface area contributed by atoms with Gasteiger partial charge in [-0.2, -0.15) is 0 Å². The van der Waals surface area contributed by atoms with Crippen molar-refractivity contribution in [2.75, 3.05) is 11.5 Å². The highest BCUT2D eigenvalue weighted by molar-refractivity contribution is 5.94. The van der Waals surface area contributed by atoms with Crippen LogP contribution in [0.25, 0.3) is 5.70 Å². The Morgan fingerprint density at radius 3 is 3.00 bits per heavy atom.